The molecule has 2 rings (SSSR count). The van der Waals surface area contributed by atoms with Crippen molar-refractivity contribution in [2.45, 2.75) is 96.9 Å². The summed E-state index contributed by atoms with van der Waals surface area (Å²) in [5.41, 5.74) is 2.60. The minimum atomic E-state index is -1.47. The summed E-state index contributed by atoms with van der Waals surface area (Å²) in [6.45, 7) is 8.11. The van der Waals surface area contributed by atoms with Crippen LogP contribution in [0.5, 0.6) is 11.5 Å². The van der Waals surface area contributed by atoms with E-state index < -0.39 is 37.3 Å². The van der Waals surface area contributed by atoms with Gasteiger partial charge in [0, 0.05) is 0 Å². The molecule has 1 aromatic carbocycles. The number of aliphatic hydroxyl groups excluding tert-OH is 4. The Morgan fingerprint density at radius 2 is 1.57 bits per heavy atom. The summed E-state index contributed by atoms with van der Waals surface area (Å²) < 4.78 is 17.4. The van der Waals surface area contributed by atoms with Gasteiger partial charge in [-0.1, -0.05) is 39.0 Å². The summed E-state index contributed by atoms with van der Waals surface area (Å²) in [7, 11) is 0. The predicted molar refractivity (Wildman–Crippen MR) is 114 cm³/mol. The predicted octanol–water partition coefficient (Wildman–Crippen LogP) is 2.53. The van der Waals surface area contributed by atoms with Gasteiger partial charge in [-0.25, -0.2) is 0 Å². The molecule has 5 atom stereocenters. The van der Waals surface area contributed by atoms with Gasteiger partial charge in [-0.3, -0.25) is 0 Å². The van der Waals surface area contributed by atoms with Gasteiger partial charge in [-0.15, -0.1) is 0 Å². The molecule has 7 heteroatoms. The van der Waals surface area contributed by atoms with E-state index in [1.54, 1.807) is 0 Å². The number of aryl methyl sites for hydroxylation is 1. The molecule has 1 saturated heterocycles. The highest BCUT2D eigenvalue weighted by atomic mass is 16.7. The summed E-state index contributed by atoms with van der Waals surface area (Å²) in [6.07, 6.45) is 0.694. The Kier molecular flexibility index (Phi) is 9.84. The lowest BCUT2D eigenvalue weighted by molar-refractivity contribution is -0.277. The van der Waals surface area contributed by atoms with Crippen molar-refractivity contribution in [2.24, 2.45) is 0 Å². The van der Waals surface area contributed by atoms with E-state index in [2.05, 4.69) is 6.92 Å². The van der Waals surface area contributed by atoms with Gasteiger partial charge in [-0.2, -0.15) is 0 Å². The molecular weight excluding hydrogens is 388 g/mol. The number of hydrogen-bond donors (Lipinski definition) is 4. The Morgan fingerprint density at radius 3 is 2.23 bits per heavy atom. The van der Waals surface area contributed by atoms with Crippen LogP contribution in [-0.2, 0) is 4.74 Å². The molecule has 0 unspecified atom stereocenters. The van der Waals surface area contributed by atoms with Gasteiger partial charge in [0.15, 0.2) is 0 Å². The second-order valence-electron chi connectivity index (χ2n) is 8.20. The van der Waals surface area contributed by atoms with Gasteiger partial charge in [-0.05, 0) is 49.9 Å². The summed E-state index contributed by atoms with van der Waals surface area (Å²) in [6, 6.07) is 1.90. The molecule has 1 fully saturated rings. The van der Waals surface area contributed by atoms with Crippen molar-refractivity contribution in [2.75, 3.05) is 13.2 Å². The SMILES string of the molecule is CCCCCCCCOc1cc(C)c(O[C@@H]2O[C@H](CO)[C@@H](O)[C@H](O)[C@H]2O)c(C)c1C. The van der Waals surface area contributed by atoms with E-state index in [1.807, 2.05) is 26.8 Å². The van der Waals surface area contributed by atoms with Crippen LogP contribution in [0.1, 0.15) is 62.1 Å². The highest BCUT2D eigenvalue weighted by Gasteiger charge is 2.45. The Balaban J connectivity index is 2.02. The van der Waals surface area contributed by atoms with Crippen LogP contribution < -0.4 is 9.47 Å². The van der Waals surface area contributed by atoms with Crippen LogP contribution in [0.2, 0.25) is 0 Å². The molecule has 0 radical (unpaired) electrons. The summed E-state index contributed by atoms with van der Waals surface area (Å²) in [5.74, 6) is 1.34. The van der Waals surface area contributed by atoms with Crippen molar-refractivity contribution in [1.29, 1.82) is 0 Å². The van der Waals surface area contributed by atoms with Gasteiger partial charge < -0.3 is 34.6 Å². The van der Waals surface area contributed by atoms with Crippen molar-refractivity contribution in [3.05, 3.63) is 22.8 Å². The third-order valence-electron chi connectivity index (χ3n) is 5.82. The fourth-order valence-corrected chi connectivity index (χ4v) is 3.70. The molecule has 0 aliphatic carbocycles. The Bertz CT molecular complexity index is 661. The maximum absolute atomic E-state index is 10.2. The summed E-state index contributed by atoms with van der Waals surface area (Å²) in [4.78, 5) is 0. The van der Waals surface area contributed by atoms with Crippen LogP contribution in [-0.4, -0.2) is 64.3 Å². The van der Waals surface area contributed by atoms with E-state index in [9.17, 15) is 20.4 Å². The molecule has 1 aromatic rings. The van der Waals surface area contributed by atoms with Crippen LogP contribution >= 0.6 is 0 Å². The molecule has 4 N–H and O–H groups in total. The first kappa shape index (κ1) is 24.9. The molecule has 172 valence electrons. The lowest BCUT2D eigenvalue weighted by Crippen LogP contribution is -2.60. The number of aliphatic hydroxyl groups is 4. The van der Waals surface area contributed by atoms with E-state index in [1.165, 1.54) is 25.7 Å². The molecular formula is C23H38O7. The molecule has 0 aromatic heterocycles. The van der Waals surface area contributed by atoms with E-state index in [4.69, 9.17) is 14.2 Å². The Hall–Kier alpha value is -1.38. The second kappa shape index (κ2) is 11.9. The fourth-order valence-electron chi connectivity index (χ4n) is 3.70. The first-order valence-corrected chi connectivity index (χ1v) is 11.0. The van der Waals surface area contributed by atoms with Gasteiger partial charge in [0.25, 0.3) is 0 Å². The molecule has 0 bridgehead atoms. The van der Waals surface area contributed by atoms with E-state index in [0.717, 1.165) is 35.3 Å². The molecule has 30 heavy (non-hydrogen) atoms. The second-order valence-corrected chi connectivity index (χ2v) is 8.20. The van der Waals surface area contributed by atoms with Crippen molar-refractivity contribution >= 4 is 0 Å². The first-order valence-electron chi connectivity index (χ1n) is 11.0. The largest absolute Gasteiger partial charge is 0.493 e. The van der Waals surface area contributed by atoms with Gasteiger partial charge in [0.05, 0.1) is 13.2 Å². The van der Waals surface area contributed by atoms with Crippen LogP contribution in [0.25, 0.3) is 0 Å². The van der Waals surface area contributed by atoms with Crippen molar-refractivity contribution in [3.8, 4) is 11.5 Å². The minimum Gasteiger partial charge on any atom is -0.493 e. The highest BCUT2D eigenvalue weighted by Crippen LogP contribution is 2.35. The molecule has 7 nitrogen and oxygen atoms in total. The number of rotatable bonds is 11. The molecule has 1 heterocycles. The number of ether oxygens (including phenoxy) is 3. The van der Waals surface area contributed by atoms with Crippen LogP contribution in [0.4, 0.5) is 0 Å². The zero-order valence-corrected chi connectivity index (χ0v) is 18.6. The number of unbranched alkanes of at least 4 members (excludes halogenated alkanes) is 5. The lowest BCUT2D eigenvalue weighted by Gasteiger charge is -2.40. The Morgan fingerprint density at radius 1 is 0.900 bits per heavy atom. The normalized spacial score (nSPS) is 26.6. The average Bonchev–Trinajstić information content (AvgIpc) is 2.73. The zero-order valence-electron chi connectivity index (χ0n) is 18.6. The summed E-state index contributed by atoms with van der Waals surface area (Å²) >= 11 is 0. The number of hydrogen-bond acceptors (Lipinski definition) is 7. The van der Waals surface area contributed by atoms with Crippen molar-refractivity contribution in [1.82, 2.24) is 0 Å². The van der Waals surface area contributed by atoms with E-state index >= 15 is 0 Å². The first-order chi connectivity index (χ1) is 14.3. The van der Waals surface area contributed by atoms with E-state index in [0.29, 0.717) is 12.4 Å². The molecule has 0 spiro atoms. The third kappa shape index (κ3) is 6.08. The van der Waals surface area contributed by atoms with Gasteiger partial charge in [0.1, 0.15) is 35.9 Å². The standard InChI is InChI=1S/C23H38O7/c1-5-6-7-8-9-10-11-28-17-12-14(2)22(16(4)15(17)3)30-23-21(27)20(26)19(25)18(13-24)29-23/h12,18-21,23-27H,5-11,13H2,1-4H3/t18-,19-,20+,21-,23+/m1/s1. The maximum atomic E-state index is 10.2. The van der Waals surface area contributed by atoms with Crippen LogP contribution in [0.15, 0.2) is 6.07 Å². The smallest absolute Gasteiger partial charge is 0.229 e. The number of benzene rings is 1. The van der Waals surface area contributed by atoms with Crippen molar-refractivity contribution in [3.63, 3.8) is 0 Å². The van der Waals surface area contributed by atoms with Crippen LogP contribution in [0.3, 0.4) is 0 Å². The third-order valence-corrected chi connectivity index (χ3v) is 5.82. The molecule has 1 aliphatic rings. The topological polar surface area (TPSA) is 109 Å². The van der Waals surface area contributed by atoms with Gasteiger partial charge in [0.2, 0.25) is 6.29 Å². The lowest BCUT2D eigenvalue weighted by atomic mass is 9.99. The average molecular weight is 427 g/mol. The minimum absolute atomic E-state index is 0.493. The summed E-state index contributed by atoms with van der Waals surface area (Å²) in [5, 5.41) is 39.5. The monoisotopic (exact) mass is 426 g/mol. The van der Waals surface area contributed by atoms with Crippen molar-refractivity contribution < 1.29 is 34.6 Å². The fraction of sp³-hybridized carbons (Fsp3) is 0.739. The zero-order chi connectivity index (χ0) is 22.3. The van der Waals surface area contributed by atoms with E-state index in [-0.39, 0.29) is 0 Å². The van der Waals surface area contributed by atoms with Gasteiger partial charge >= 0.3 is 0 Å². The quantitative estimate of drug-likeness (QED) is 0.403. The van der Waals surface area contributed by atoms with Crippen LogP contribution in [0, 0.1) is 20.8 Å². The molecule has 0 saturated carbocycles. The molecule has 0 amide bonds. The molecule has 1 aliphatic heterocycles. The maximum Gasteiger partial charge on any atom is 0.229 e. The Labute approximate surface area is 179 Å². The highest BCUT2D eigenvalue weighted by molar-refractivity contribution is 5.52.